The summed E-state index contributed by atoms with van der Waals surface area (Å²) in [6.45, 7) is 13.1. The van der Waals surface area contributed by atoms with Crippen molar-refractivity contribution in [2.75, 3.05) is 0 Å². The summed E-state index contributed by atoms with van der Waals surface area (Å²) in [5.41, 5.74) is 7.01. The molecule has 1 heterocycles. The van der Waals surface area contributed by atoms with Crippen LogP contribution in [0.2, 0.25) is 0 Å². The average Bonchev–Trinajstić information content (AvgIpc) is 3.29. The minimum absolute atomic E-state index is 0.194. The van der Waals surface area contributed by atoms with Crippen molar-refractivity contribution in [3.05, 3.63) is 82.3 Å². The second-order valence-electron chi connectivity index (χ2n) is 8.45. The Bertz CT molecular complexity index is 1020. The van der Waals surface area contributed by atoms with Gasteiger partial charge in [0.1, 0.15) is 11.5 Å². The minimum atomic E-state index is 0.194. The van der Waals surface area contributed by atoms with Crippen LogP contribution in [-0.2, 0) is 13.1 Å². The number of rotatable bonds is 8. The zero-order chi connectivity index (χ0) is 25.1. The summed E-state index contributed by atoms with van der Waals surface area (Å²) in [6.07, 6.45) is 5.80. The van der Waals surface area contributed by atoms with Crippen LogP contribution in [0.15, 0.2) is 62.9 Å². The molecule has 1 aromatic heterocycles. The predicted molar refractivity (Wildman–Crippen MR) is 145 cm³/mol. The molecule has 34 heavy (non-hydrogen) atoms. The van der Waals surface area contributed by atoms with E-state index in [4.69, 9.17) is 34.6 Å². The fraction of sp³-hybridized carbons (Fsp3) is 0.357. The molecule has 3 rings (SSSR count). The first kappa shape index (κ1) is 28.4. The molecule has 0 aliphatic carbocycles. The van der Waals surface area contributed by atoms with Crippen molar-refractivity contribution < 1.29 is 17.6 Å². The molecule has 0 saturated carbocycles. The SMILES string of the molecule is CCC(C)c1cccc(C)c1N=Cc1ccc(C=Nc2c(C)cccc2C(C)CC)o1.[Cl][Fe][Cl]. The second-order valence-corrected chi connectivity index (χ2v) is 10.3. The van der Waals surface area contributed by atoms with E-state index >= 15 is 0 Å². The first-order chi connectivity index (χ1) is 16.4. The van der Waals surface area contributed by atoms with E-state index < -0.39 is 0 Å². The summed E-state index contributed by atoms with van der Waals surface area (Å²) in [4.78, 5) is 9.55. The number of hydrogen-bond acceptors (Lipinski definition) is 3. The quantitative estimate of drug-likeness (QED) is 0.207. The van der Waals surface area contributed by atoms with Gasteiger partial charge in [-0.1, -0.05) is 64.1 Å². The maximum absolute atomic E-state index is 5.96. The third kappa shape index (κ3) is 7.85. The number of para-hydroxylation sites is 2. The first-order valence-electron chi connectivity index (χ1n) is 11.6. The van der Waals surface area contributed by atoms with E-state index in [1.807, 2.05) is 24.6 Å². The Morgan fingerprint density at radius 1 is 0.765 bits per heavy atom. The van der Waals surface area contributed by atoms with Crippen LogP contribution in [0.4, 0.5) is 11.4 Å². The second kappa shape index (κ2) is 14.5. The molecule has 6 heteroatoms. The van der Waals surface area contributed by atoms with E-state index in [2.05, 4.69) is 77.9 Å². The zero-order valence-electron chi connectivity index (χ0n) is 20.8. The molecular formula is C28H34Cl2FeN2O. The van der Waals surface area contributed by atoms with Gasteiger partial charge in [0.2, 0.25) is 0 Å². The number of benzene rings is 2. The monoisotopic (exact) mass is 540 g/mol. The van der Waals surface area contributed by atoms with Crippen molar-refractivity contribution in [3.63, 3.8) is 0 Å². The Balaban J connectivity index is 0.00000129. The Hall–Kier alpha value is -1.84. The molecule has 0 fully saturated rings. The van der Waals surface area contributed by atoms with Crippen molar-refractivity contribution >= 4 is 44.0 Å². The molecule has 0 spiro atoms. The van der Waals surface area contributed by atoms with E-state index in [1.54, 1.807) is 0 Å². The Morgan fingerprint density at radius 2 is 1.15 bits per heavy atom. The number of aliphatic imine (C=N–C) groups is 2. The van der Waals surface area contributed by atoms with Crippen LogP contribution in [0, 0.1) is 13.8 Å². The molecule has 0 aliphatic rings. The van der Waals surface area contributed by atoms with Crippen molar-refractivity contribution in [2.45, 2.75) is 66.2 Å². The average molecular weight is 541 g/mol. The van der Waals surface area contributed by atoms with Gasteiger partial charge in [0.25, 0.3) is 0 Å². The Labute approximate surface area is 219 Å². The van der Waals surface area contributed by atoms with Crippen molar-refractivity contribution in [1.82, 2.24) is 0 Å². The molecule has 3 nitrogen and oxygen atoms in total. The summed E-state index contributed by atoms with van der Waals surface area (Å²) in [6, 6.07) is 16.7. The van der Waals surface area contributed by atoms with Gasteiger partial charge >= 0.3 is 33.3 Å². The summed E-state index contributed by atoms with van der Waals surface area (Å²) in [7, 11) is 9.53. The van der Waals surface area contributed by atoms with Crippen LogP contribution in [0.25, 0.3) is 0 Å². The molecule has 0 amide bonds. The van der Waals surface area contributed by atoms with Gasteiger partial charge in [-0.25, -0.2) is 0 Å². The van der Waals surface area contributed by atoms with Gasteiger partial charge in [-0.3, -0.25) is 9.98 Å². The number of aryl methyl sites for hydroxylation is 2. The maximum atomic E-state index is 5.96. The van der Waals surface area contributed by atoms with Crippen molar-refractivity contribution in [2.24, 2.45) is 9.98 Å². The Kier molecular flexibility index (Phi) is 12.1. The molecule has 0 aliphatic heterocycles. The third-order valence-electron chi connectivity index (χ3n) is 6.11. The molecular weight excluding hydrogens is 507 g/mol. The van der Waals surface area contributed by atoms with Crippen molar-refractivity contribution in [3.8, 4) is 0 Å². The number of halogens is 2. The van der Waals surface area contributed by atoms with Gasteiger partial charge in [-0.15, -0.1) is 0 Å². The molecule has 0 saturated heterocycles. The third-order valence-corrected chi connectivity index (χ3v) is 6.11. The van der Waals surface area contributed by atoms with E-state index in [0.717, 1.165) is 35.7 Å². The molecule has 2 aromatic carbocycles. The molecule has 0 N–H and O–H groups in total. The summed E-state index contributed by atoms with van der Waals surface area (Å²) in [5.74, 6) is 2.40. The normalized spacial score (nSPS) is 13.3. The van der Waals surface area contributed by atoms with Crippen LogP contribution >= 0.6 is 20.2 Å². The van der Waals surface area contributed by atoms with Crippen LogP contribution in [-0.4, -0.2) is 12.4 Å². The molecule has 184 valence electrons. The van der Waals surface area contributed by atoms with Crippen LogP contribution in [0.5, 0.6) is 0 Å². The fourth-order valence-electron chi connectivity index (χ4n) is 3.71. The summed E-state index contributed by atoms with van der Waals surface area (Å²) in [5, 5.41) is 0. The number of hydrogen-bond donors (Lipinski definition) is 0. The number of furan rings is 1. The Morgan fingerprint density at radius 3 is 1.50 bits per heavy atom. The molecule has 0 bridgehead atoms. The van der Waals surface area contributed by atoms with Gasteiger partial charge in [0.15, 0.2) is 0 Å². The van der Waals surface area contributed by atoms with Gasteiger partial charge in [0.05, 0.1) is 23.8 Å². The molecule has 2 unspecified atom stereocenters. The topological polar surface area (TPSA) is 37.9 Å². The van der Waals surface area contributed by atoms with Gasteiger partial charge in [-0.2, -0.15) is 0 Å². The van der Waals surface area contributed by atoms with Crippen molar-refractivity contribution in [1.29, 1.82) is 0 Å². The number of nitrogens with zero attached hydrogens (tertiary/aromatic N) is 2. The first-order valence-corrected chi connectivity index (χ1v) is 14.6. The fourth-order valence-corrected chi connectivity index (χ4v) is 3.71. The summed E-state index contributed by atoms with van der Waals surface area (Å²) < 4.78 is 5.96. The molecule has 0 radical (unpaired) electrons. The van der Waals surface area contributed by atoms with Crippen LogP contribution in [0.1, 0.15) is 86.1 Å². The predicted octanol–water partition coefficient (Wildman–Crippen LogP) is 9.80. The van der Waals surface area contributed by atoms with Crippen LogP contribution < -0.4 is 0 Å². The standard InChI is InChI=1S/C28H34N2O.2ClH.Fe/c1-7-19(3)25-13-9-11-21(5)27(25)29-17-23-15-16-24(31-23)18-30-28-22(6)12-10-14-26(28)20(4)8-2;;;/h9-20H,7-8H2,1-6H3;2*1H;/q;;;+2/p-2. The van der Waals surface area contributed by atoms with E-state index in [-0.39, 0.29) is 13.1 Å². The van der Waals surface area contributed by atoms with Gasteiger partial charge < -0.3 is 4.42 Å². The van der Waals surface area contributed by atoms with E-state index in [1.165, 1.54) is 22.3 Å². The molecule has 3 aromatic rings. The van der Waals surface area contributed by atoms with E-state index in [0.29, 0.717) is 11.8 Å². The van der Waals surface area contributed by atoms with Gasteiger partial charge in [0, 0.05) is 0 Å². The van der Waals surface area contributed by atoms with Crippen LogP contribution in [0.3, 0.4) is 0 Å². The zero-order valence-corrected chi connectivity index (χ0v) is 23.4. The summed E-state index contributed by atoms with van der Waals surface area (Å²) >= 11 is 0.194. The van der Waals surface area contributed by atoms with Gasteiger partial charge in [-0.05, 0) is 72.9 Å². The molecule has 2 atom stereocenters. The van der Waals surface area contributed by atoms with E-state index in [9.17, 15) is 0 Å².